The first-order valence-electron chi connectivity index (χ1n) is 11.7. The van der Waals surface area contributed by atoms with Crippen LogP contribution in [0.25, 0.3) is 0 Å². The Hall–Kier alpha value is -0.490. The summed E-state index contributed by atoms with van der Waals surface area (Å²) >= 11 is 1.26. The summed E-state index contributed by atoms with van der Waals surface area (Å²) in [6.07, 6.45) is 1.08. The van der Waals surface area contributed by atoms with Gasteiger partial charge in [0, 0.05) is 13.2 Å². The van der Waals surface area contributed by atoms with Crippen LogP contribution in [0.5, 0.6) is 0 Å². The number of amides is 1. The second-order valence-electron chi connectivity index (χ2n) is 9.15. The number of piperidine rings is 1. The molecule has 0 aromatic rings. The summed E-state index contributed by atoms with van der Waals surface area (Å²) in [4.78, 5) is 13.1. The Morgan fingerprint density at radius 2 is 1.94 bits per heavy atom. The second-order valence-corrected chi connectivity index (χ2v) is 10.1. The third-order valence-electron chi connectivity index (χ3n) is 6.37. The summed E-state index contributed by atoms with van der Waals surface area (Å²) in [6, 6.07) is -0.851. The lowest BCUT2D eigenvalue weighted by Crippen LogP contribution is -2.65. The van der Waals surface area contributed by atoms with Gasteiger partial charge in [-0.05, 0) is 56.7 Å². The summed E-state index contributed by atoms with van der Waals surface area (Å²) in [5, 5.41) is 37.2. The highest BCUT2D eigenvalue weighted by molar-refractivity contribution is 7.99. The van der Waals surface area contributed by atoms with Gasteiger partial charge in [-0.15, -0.1) is 11.8 Å². The lowest BCUT2D eigenvalue weighted by molar-refractivity contribution is -0.208. The van der Waals surface area contributed by atoms with Crippen LogP contribution in [0.2, 0.25) is 0 Å². The third-order valence-corrected chi connectivity index (χ3v) is 7.23. The number of rotatable bonds is 12. The number of carbonyl (C=O) groups excluding carboxylic acids is 1. The van der Waals surface area contributed by atoms with E-state index in [-0.39, 0.29) is 24.5 Å². The second kappa shape index (κ2) is 14.0. The van der Waals surface area contributed by atoms with E-state index in [1.54, 1.807) is 6.26 Å². The monoisotopic (exact) mass is 480 g/mol. The molecule has 2 heterocycles. The minimum absolute atomic E-state index is 0.0515. The smallest absolute Gasteiger partial charge is 0.237 e. The van der Waals surface area contributed by atoms with Gasteiger partial charge in [-0.1, -0.05) is 13.8 Å². The van der Waals surface area contributed by atoms with Crippen LogP contribution in [0.4, 0.5) is 4.39 Å². The summed E-state index contributed by atoms with van der Waals surface area (Å²) < 4.78 is 23.4. The maximum atomic E-state index is 13.1. The van der Waals surface area contributed by atoms with Crippen molar-refractivity contribution >= 4 is 17.7 Å². The fourth-order valence-corrected chi connectivity index (χ4v) is 5.13. The molecule has 8 nitrogen and oxygen atoms in total. The third kappa shape index (κ3) is 7.78. The molecule has 32 heavy (non-hydrogen) atoms. The fourth-order valence-electron chi connectivity index (χ4n) is 4.45. The number of aliphatic hydroxyl groups is 3. The van der Waals surface area contributed by atoms with E-state index in [4.69, 9.17) is 9.47 Å². The molecule has 0 saturated carbocycles. The summed E-state index contributed by atoms with van der Waals surface area (Å²) in [5.74, 6) is 0.206. The van der Waals surface area contributed by atoms with Gasteiger partial charge >= 0.3 is 0 Å². The minimum atomic E-state index is -1.34. The lowest BCUT2D eigenvalue weighted by atomic mass is 9.86. The molecule has 2 rings (SSSR count). The minimum Gasteiger partial charge on any atom is -0.388 e. The topological polar surface area (TPSA) is 120 Å². The van der Waals surface area contributed by atoms with Gasteiger partial charge in [0.1, 0.15) is 29.9 Å². The first-order valence-corrected chi connectivity index (χ1v) is 13.0. The van der Waals surface area contributed by atoms with Crippen molar-refractivity contribution in [2.45, 2.75) is 87.9 Å². The Morgan fingerprint density at radius 3 is 2.59 bits per heavy atom. The highest BCUT2D eigenvalue weighted by Gasteiger charge is 2.47. The highest BCUT2D eigenvalue weighted by atomic mass is 32.2. The number of nitrogens with one attached hydrogen (secondary N) is 2. The van der Waals surface area contributed by atoms with E-state index >= 15 is 0 Å². The van der Waals surface area contributed by atoms with Crippen LogP contribution in [0, 0.1) is 11.8 Å². The zero-order chi connectivity index (χ0) is 23.7. The van der Waals surface area contributed by atoms with Crippen molar-refractivity contribution in [2.24, 2.45) is 11.8 Å². The molecule has 0 aliphatic carbocycles. The molecule has 188 valence electrons. The van der Waals surface area contributed by atoms with Crippen molar-refractivity contribution in [3.8, 4) is 0 Å². The molecule has 0 unspecified atom stereocenters. The Morgan fingerprint density at radius 1 is 1.22 bits per heavy atom. The van der Waals surface area contributed by atoms with Gasteiger partial charge in [0.05, 0.1) is 18.8 Å². The average molecular weight is 481 g/mol. The zero-order valence-electron chi connectivity index (χ0n) is 19.4. The first-order chi connectivity index (χ1) is 15.3. The van der Waals surface area contributed by atoms with Crippen LogP contribution < -0.4 is 10.6 Å². The predicted molar refractivity (Wildman–Crippen MR) is 122 cm³/mol. The van der Waals surface area contributed by atoms with Crippen LogP contribution in [-0.4, -0.2) is 95.9 Å². The molecule has 0 radical (unpaired) electrons. The SMILES string of the molecule is CS[C@H]1O[C@H]([C@H](NC(=O)[C@@H]2C[C@H](CCCOCCCF)CCN2)C(C)C)[C@H](O)[C@H](O)[C@H]1O. The van der Waals surface area contributed by atoms with E-state index < -0.39 is 35.9 Å². The lowest BCUT2D eigenvalue weighted by Gasteiger charge is -2.44. The van der Waals surface area contributed by atoms with E-state index in [2.05, 4.69) is 10.6 Å². The molecule has 2 saturated heterocycles. The number of thioether (sulfide) groups is 1. The maximum Gasteiger partial charge on any atom is 0.237 e. The fraction of sp³-hybridized carbons (Fsp3) is 0.955. The molecule has 2 fully saturated rings. The standard InChI is InChI=1S/C22H41FN2O6S/c1-13(2)16(20-18(27)17(26)19(28)22(31-20)32-3)25-21(29)15-12-14(7-9-24-15)6-4-10-30-11-5-8-23/h13-20,22,24,26-28H,4-12H2,1-3H3,(H,25,29)/t14-,15+,16-,17+,18-,19-,20-,22-/m1/s1. The van der Waals surface area contributed by atoms with E-state index in [0.717, 1.165) is 25.8 Å². The van der Waals surface area contributed by atoms with Crippen LogP contribution in [0.15, 0.2) is 0 Å². The molecule has 0 spiro atoms. The summed E-state index contributed by atoms with van der Waals surface area (Å²) in [7, 11) is 0. The van der Waals surface area contributed by atoms with Crippen LogP contribution >= 0.6 is 11.8 Å². The predicted octanol–water partition coefficient (Wildman–Crippen LogP) is 0.822. The van der Waals surface area contributed by atoms with Gasteiger partial charge in [0.2, 0.25) is 5.91 Å². The van der Waals surface area contributed by atoms with Crippen molar-refractivity contribution in [3.63, 3.8) is 0 Å². The molecular weight excluding hydrogens is 439 g/mol. The number of alkyl halides is 1. The molecule has 0 aromatic heterocycles. The van der Waals surface area contributed by atoms with Gasteiger partial charge in [-0.25, -0.2) is 0 Å². The number of aliphatic hydroxyl groups excluding tert-OH is 3. The van der Waals surface area contributed by atoms with E-state index in [0.29, 0.717) is 32.0 Å². The Kier molecular flexibility index (Phi) is 12.2. The van der Waals surface area contributed by atoms with E-state index in [1.165, 1.54) is 11.8 Å². The van der Waals surface area contributed by atoms with Gasteiger partial charge in [-0.2, -0.15) is 0 Å². The van der Waals surface area contributed by atoms with Crippen LogP contribution in [0.1, 0.15) is 46.0 Å². The number of hydrogen-bond acceptors (Lipinski definition) is 8. The van der Waals surface area contributed by atoms with E-state index in [9.17, 15) is 24.5 Å². The average Bonchev–Trinajstić information content (AvgIpc) is 2.78. The van der Waals surface area contributed by atoms with Crippen LogP contribution in [-0.2, 0) is 14.3 Å². The molecule has 2 aliphatic heterocycles. The first kappa shape index (κ1) is 27.8. The summed E-state index contributed by atoms with van der Waals surface area (Å²) in [5.41, 5.74) is -0.680. The molecule has 2 aliphatic rings. The maximum absolute atomic E-state index is 13.1. The van der Waals surface area contributed by atoms with Gasteiger partial charge in [-0.3, -0.25) is 9.18 Å². The molecule has 10 heteroatoms. The Bertz CT molecular complexity index is 559. The molecule has 0 bridgehead atoms. The Labute approximate surface area is 195 Å². The molecule has 0 aromatic carbocycles. The molecule has 1 amide bonds. The largest absolute Gasteiger partial charge is 0.388 e. The number of halogens is 1. The number of carbonyl (C=O) groups is 1. The molecule has 5 N–H and O–H groups in total. The van der Waals surface area contributed by atoms with Crippen molar-refractivity contribution in [1.29, 1.82) is 0 Å². The molecular formula is C22H41FN2O6S. The molecule has 8 atom stereocenters. The highest BCUT2D eigenvalue weighted by Crippen LogP contribution is 2.30. The van der Waals surface area contributed by atoms with Crippen molar-refractivity contribution in [3.05, 3.63) is 0 Å². The van der Waals surface area contributed by atoms with Crippen molar-refractivity contribution in [1.82, 2.24) is 10.6 Å². The van der Waals surface area contributed by atoms with Crippen molar-refractivity contribution < 1.29 is 34.0 Å². The zero-order valence-corrected chi connectivity index (χ0v) is 20.2. The normalized spacial score (nSPS) is 34.4. The Balaban J connectivity index is 1.90. The van der Waals surface area contributed by atoms with Crippen molar-refractivity contribution in [2.75, 3.05) is 32.7 Å². The number of ether oxygens (including phenoxy) is 2. The van der Waals surface area contributed by atoms with Gasteiger partial charge < -0.3 is 35.4 Å². The van der Waals surface area contributed by atoms with Gasteiger partial charge in [0.15, 0.2) is 0 Å². The summed E-state index contributed by atoms with van der Waals surface area (Å²) in [6.45, 7) is 5.29. The van der Waals surface area contributed by atoms with Gasteiger partial charge in [0.25, 0.3) is 0 Å². The van der Waals surface area contributed by atoms with E-state index in [1.807, 2.05) is 13.8 Å². The van der Waals surface area contributed by atoms with Crippen LogP contribution in [0.3, 0.4) is 0 Å². The quantitative estimate of drug-likeness (QED) is 0.261. The number of hydrogen-bond donors (Lipinski definition) is 5.